The number of nitrogens with zero attached hydrogens (tertiary/aromatic N) is 1. The Balaban J connectivity index is 0.00000484. The highest BCUT2D eigenvalue weighted by molar-refractivity contribution is 7.88. The lowest BCUT2D eigenvalue weighted by Crippen LogP contribution is -2.34. The van der Waals surface area contributed by atoms with E-state index in [9.17, 15) is 13.2 Å². The average molecular weight is 364 g/mol. The second-order valence-electron chi connectivity index (χ2n) is 5.93. The van der Waals surface area contributed by atoms with Crippen LogP contribution in [-0.4, -0.2) is 38.9 Å². The van der Waals surface area contributed by atoms with E-state index in [0.717, 1.165) is 6.42 Å². The summed E-state index contributed by atoms with van der Waals surface area (Å²) in [5.74, 6) is -0.0791. The lowest BCUT2D eigenvalue weighted by atomic mass is 10.0. The molecule has 0 saturated heterocycles. The zero-order valence-corrected chi connectivity index (χ0v) is 15.4. The lowest BCUT2D eigenvalue weighted by molar-refractivity contribution is 0.0789. The quantitative estimate of drug-likeness (QED) is 0.762. The van der Waals surface area contributed by atoms with Crippen molar-refractivity contribution < 1.29 is 13.2 Å². The van der Waals surface area contributed by atoms with Gasteiger partial charge in [-0.25, -0.2) is 13.6 Å². The summed E-state index contributed by atoms with van der Waals surface area (Å²) in [5, 5.41) is 5.03. The van der Waals surface area contributed by atoms with Crippen LogP contribution in [0.3, 0.4) is 0 Å². The number of hydrogen-bond acceptors (Lipinski definition) is 4. The Labute approximate surface area is 144 Å². The van der Waals surface area contributed by atoms with E-state index in [1.165, 1.54) is 0 Å². The molecule has 0 aliphatic rings. The van der Waals surface area contributed by atoms with Crippen molar-refractivity contribution in [3.05, 3.63) is 35.4 Å². The lowest BCUT2D eigenvalue weighted by Gasteiger charge is -2.21. The Bertz CT molecular complexity index is 620. The number of sulfonamides is 1. The smallest absolute Gasteiger partial charge is 0.253 e. The standard InChI is InChI=1S/C15H25N3O3S.ClH/c1-11(2)14(16)7-8-18(3)15(19)13-6-4-5-12(9-13)10-22(17,20)21;/h4-6,9,11,14H,7-8,10,16H2,1-3H3,(H2,17,20,21);1H. The van der Waals surface area contributed by atoms with Crippen LogP contribution < -0.4 is 10.9 Å². The summed E-state index contributed by atoms with van der Waals surface area (Å²) in [5.41, 5.74) is 6.93. The van der Waals surface area contributed by atoms with Gasteiger partial charge in [0.15, 0.2) is 0 Å². The molecule has 0 spiro atoms. The topological polar surface area (TPSA) is 106 Å². The Morgan fingerprint density at radius 3 is 2.43 bits per heavy atom. The molecule has 1 atom stereocenters. The molecule has 0 bridgehead atoms. The molecule has 8 heteroatoms. The number of benzene rings is 1. The largest absolute Gasteiger partial charge is 0.342 e. The summed E-state index contributed by atoms with van der Waals surface area (Å²) >= 11 is 0. The van der Waals surface area contributed by atoms with Crippen LogP contribution in [0, 0.1) is 5.92 Å². The first-order valence-electron chi connectivity index (χ1n) is 7.20. The monoisotopic (exact) mass is 363 g/mol. The maximum absolute atomic E-state index is 12.3. The molecule has 0 aliphatic heterocycles. The summed E-state index contributed by atoms with van der Waals surface area (Å²) in [7, 11) is -1.90. The Morgan fingerprint density at radius 2 is 1.91 bits per heavy atom. The van der Waals surface area contributed by atoms with E-state index in [4.69, 9.17) is 10.9 Å². The molecule has 1 aromatic carbocycles. The molecule has 6 nitrogen and oxygen atoms in total. The second-order valence-corrected chi connectivity index (χ2v) is 7.55. The SMILES string of the molecule is CC(C)C(N)CCN(C)C(=O)c1cccc(CS(N)(=O)=O)c1.Cl. The first kappa shape index (κ1) is 21.9. The maximum Gasteiger partial charge on any atom is 0.253 e. The Hall–Kier alpha value is -1.15. The molecule has 23 heavy (non-hydrogen) atoms. The summed E-state index contributed by atoms with van der Waals surface area (Å²) in [4.78, 5) is 13.9. The number of primary sulfonamides is 1. The number of hydrogen-bond donors (Lipinski definition) is 2. The van der Waals surface area contributed by atoms with Crippen molar-refractivity contribution in [3.8, 4) is 0 Å². The fourth-order valence-electron chi connectivity index (χ4n) is 2.02. The van der Waals surface area contributed by atoms with Crippen LogP contribution in [0.4, 0.5) is 0 Å². The fraction of sp³-hybridized carbons (Fsp3) is 0.533. The molecule has 0 heterocycles. The minimum absolute atomic E-state index is 0. The minimum Gasteiger partial charge on any atom is -0.342 e. The van der Waals surface area contributed by atoms with E-state index < -0.39 is 10.0 Å². The molecule has 4 N–H and O–H groups in total. The van der Waals surface area contributed by atoms with Gasteiger partial charge in [0.2, 0.25) is 10.0 Å². The van der Waals surface area contributed by atoms with Crippen LogP contribution in [-0.2, 0) is 15.8 Å². The zero-order chi connectivity index (χ0) is 16.9. The van der Waals surface area contributed by atoms with Crippen LogP contribution >= 0.6 is 12.4 Å². The first-order valence-corrected chi connectivity index (χ1v) is 8.92. The van der Waals surface area contributed by atoms with Gasteiger partial charge in [-0.05, 0) is 30.0 Å². The van der Waals surface area contributed by atoms with Crippen molar-refractivity contribution in [2.45, 2.75) is 32.1 Å². The van der Waals surface area contributed by atoms with Gasteiger partial charge in [0.05, 0.1) is 5.75 Å². The molecular formula is C15H26ClN3O3S. The number of carbonyl (C=O) groups is 1. The molecule has 0 aromatic heterocycles. The minimum atomic E-state index is -3.61. The number of nitrogens with two attached hydrogens (primary N) is 2. The molecule has 1 amide bonds. The van der Waals surface area contributed by atoms with E-state index in [0.29, 0.717) is 23.6 Å². The van der Waals surface area contributed by atoms with Crippen molar-refractivity contribution in [3.63, 3.8) is 0 Å². The highest BCUT2D eigenvalue weighted by Crippen LogP contribution is 2.11. The van der Waals surface area contributed by atoms with E-state index in [1.54, 1.807) is 36.2 Å². The average Bonchev–Trinajstić information content (AvgIpc) is 2.41. The van der Waals surface area contributed by atoms with Crippen LogP contribution in [0.25, 0.3) is 0 Å². The van der Waals surface area contributed by atoms with Gasteiger partial charge in [-0.15, -0.1) is 12.4 Å². The summed E-state index contributed by atoms with van der Waals surface area (Å²) in [6.07, 6.45) is 0.719. The normalized spacial score (nSPS) is 12.6. The van der Waals surface area contributed by atoms with E-state index in [2.05, 4.69) is 0 Å². The highest BCUT2D eigenvalue weighted by atomic mass is 35.5. The summed E-state index contributed by atoms with van der Waals surface area (Å²) in [6.45, 7) is 4.64. The summed E-state index contributed by atoms with van der Waals surface area (Å²) < 4.78 is 22.3. The third-order valence-electron chi connectivity index (χ3n) is 3.54. The van der Waals surface area contributed by atoms with Gasteiger partial charge < -0.3 is 10.6 Å². The second kappa shape index (κ2) is 9.22. The van der Waals surface area contributed by atoms with Crippen molar-refractivity contribution >= 4 is 28.3 Å². The predicted molar refractivity (Wildman–Crippen MR) is 94.9 cm³/mol. The molecule has 1 aromatic rings. The van der Waals surface area contributed by atoms with Crippen molar-refractivity contribution in [1.82, 2.24) is 4.90 Å². The van der Waals surface area contributed by atoms with Crippen molar-refractivity contribution in [1.29, 1.82) is 0 Å². The molecule has 1 rings (SSSR count). The Morgan fingerprint density at radius 1 is 1.30 bits per heavy atom. The third kappa shape index (κ3) is 7.78. The van der Waals surface area contributed by atoms with E-state index >= 15 is 0 Å². The summed E-state index contributed by atoms with van der Waals surface area (Å²) in [6, 6.07) is 6.56. The predicted octanol–water partition coefficient (Wildman–Crippen LogP) is 1.34. The molecular weight excluding hydrogens is 338 g/mol. The zero-order valence-electron chi connectivity index (χ0n) is 13.7. The number of halogens is 1. The van der Waals surface area contributed by atoms with E-state index in [-0.39, 0.29) is 30.1 Å². The van der Waals surface area contributed by atoms with Gasteiger partial charge in [0.1, 0.15) is 0 Å². The Kier molecular flexibility index (Phi) is 8.76. The van der Waals surface area contributed by atoms with Crippen LogP contribution in [0.15, 0.2) is 24.3 Å². The van der Waals surface area contributed by atoms with Crippen molar-refractivity contribution in [2.75, 3.05) is 13.6 Å². The molecule has 132 valence electrons. The molecule has 0 fully saturated rings. The van der Waals surface area contributed by atoms with Gasteiger partial charge in [0, 0.05) is 25.2 Å². The van der Waals surface area contributed by atoms with Gasteiger partial charge in [-0.2, -0.15) is 0 Å². The molecule has 1 unspecified atom stereocenters. The van der Waals surface area contributed by atoms with Crippen LogP contribution in [0.5, 0.6) is 0 Å². The van der Waals surface area contributed by atoms with Gasteiger partial charge >= 0.3 is 0 Å². The fourth-order valence-corrected chi connectivity index (χ4v) is 2.67. The number of amides is 1. The van der Waals surface area contributed by atoms with Gasteiger partial charge in [0.25, 0.3) is 5.91 Å². The molecule has 0 saturated carbocycles. The highest BCUT2D eigenvalue weighted by Gasteiger charge is 2.15. The van der Waals surface area contributed by atoms with Gasteiger partial charge in [-0.1, -0.05) is 26.0 Å². The van der Waals surface area contributed by atoms with Crippen molar-refractivity contribution in [2.24, 2.45) is 16.8 Å². The molecule has 0 aliphatic carbocycles. The van der Waals surface area contributed by atoms with Crippen LogP contribution in [0.1, 0.15) is 36.2 Å². The van der Waals surface area contributed by atoms with Gasteiger partial charge in [-0.3, -0.25) is 4.79 Å². The van der Waals surface area contributed by atoms with Crippen LogP contribution in [0.2, 0.25) is 0 Å². The third-order valence-corrected chi connectivity index (χ3v) is 4.28. The number of carbonyl (C=O) groups excluding carboxylic acids is 1. The number of rotatable bonds is 7. The molecule has 0 radical (unpaired) electrons. The first-order chi connectivity index (χ1) is 10.1. The maximum atomic E-state index is 12.3. The van der Waals surface area contributed by atoms with E-state index in [1.807, 2.05) is 13.8 Å².